The third kappa shape index (κ3) is 5.09. The van der Waals surface area contributed by atoms with Gasteiger partial charge in [-0.05, 0) is 67.8 Å². The van der Waals surface area contributed by atoms with Gasteiger partial charge in [0, 0.05) is 29.5 Å². The van der Waals surface area contributed by atoms with Gasteiger partial charge in [-0.25, -0.2) is 9.59 Å². The molecule has 0 fully saturated rings. The smallest absolute Gasteiger partial charge is 0.338 e. The highest BCUT2D eigenvalue weighted by Crippen LogP contribution is 2.34. The minimum Gasteiger partial charge on any atom is -0.462 e. The van der Waals surface area contributed by atoms with Crippen LogP contribution in [0, 0.1) is 0 Å². The Labute approximate surface area is 198 Å². The Morgan fingerprint density at radius 3 is 2.50 bits per heavy atom. The standard InChI is InChI=1S/C27H27N3O4/c1-3-34-26(32)22-10-7-11-23(16-22)29-27(33)28-17-19-12-13-21-14-18(2)30(24(21)15-19)25(31)20-8-5-4-6-9-20/h4-13,15-16,18H,3,14,17H2,1-2H3,(H2,28,29,33). The lowest BCUT2D eigenvalue weighted by Gasteiger charge is -2.23. The summed E-state index contributed by atoms with van der Waals surface area (Å²) in [6.07, 6.45) is 0.791. The van der Waals surface area contributed by atoms with Gasteiger partial charge in [-0.15, -0.1) is 0 Å². The fourth-order valence-electron chi connectivity index (χ4n) is 4.09. The van der Waals surface area contributed by atoms with Gasteiger partial charge >= 0.3 is 12.0 Å². The third-order valence-electron chi connectivity index (χ3n) is 5.69. The summed E-state index contributed by atoms with van der Waals surface area (Å²) < 4.78 is 5.00. The molecular formula is C27H27N3O4. The van der Waals surface area contributed by atoms with Gasteiger partial charge in [0.2, 0.25) is 0 Å². The molecule has 1 aliphatic heterocycles. The lowest BCUT2D eigenvalue weighted by atomic mass is 10.1. The molecule has 2 N–H and O–H groups in total. The van der Waals surface area contributed by atoms with Crippen molar-refractivity contribution in [3.05, 3.63) is 95.1 Å². The molecule has 3 aromatic rings. The van der Waals surface area contributed by atoms with Gasteiger partial charge in [-0.3, -0.25) is 4.79 Å². The highest BCUT2D eigenvalue weighted by Gasteiger charge is 2.31. The normalized spacial score (nSPS) is 14.3. The van der Waals surface area contributed by atoms with E-state index in [-0.39, 0.29) is 18.6 Å². The van der Waals surface area contributed by atoms with Gasteiger partial charge in [0.15, 0.2) is 0 Å². The first kappa shape index (κ1) is 23.0. The van der Waals surface area contributed by atoms with Gasteiger partial charge < -0.3 is 20.3 Å². The maximum absolute atomic E-state index is 13.1. The fourth-order valence-corrected chi connectivity index (χ4v) is 4.09. The maximum atomic E-state index is 13.1. The summed E-state index contributed by atoms with van der Waals surface area (Å²) in [5, 5.41) is 5.56. The van der Waals surface area contributed by atoms with Crippen LogP contribution in [0.1, 0.15) is 45.7 Å². The molecule has 4 rings (SSSR count). The summed E-state index contributed by atoms with van der Waals surface area (Å²) in [6.45, 7) is 4.35. The van der Waals surface area contributed by atoms with Crippen LogP contribution in [-0.2, 0) is 17.7 Å². The first-order chi connectivity index (χ1) is 16.5. The average Bonchev–Trinajstić information content (AvgIpc) is 3.18. The van der Waals surface area contributed by atoms with Crippen LogP contribution >= 0.6 is 0 Å². The van der Waals surface area contributed by atoms with Crippen molar-refractivity contribution < 1.29 is 19.1 Å². The van der Waals surface area contributed by atoms with E-state index in [0.29, 0.717) is 23.4 Å². The lowest BCUT2D eigenvalue weighted by Crippen LogP contribution is -2.35. The summed E-state index contributed by atoms with van der Waals surface area (Å²) in [5.74, 6) is -0.468. The van der Waals surface area contributed by atoms with Crippen LogP contribution in [0.4, 0.5) is 16.2 Å². The quantitative estimate of drug-likeness (QED) is 0.522. The monoisotopic (exact) mass is 457 g/mol. The molecule has 1 atom stereocenters. The molecule has 0 aromatic heterocycles. The summed E-state index contributed by atoms with van der Waals surface area (Å²) in [5.41, 5.74) is 4.38. The van der Waals surface area contributed by atoms with E-state index in [9.17, 15) is 14.4 Å². The predicted octanol–water partition coefficient (Wildman–Crippen LogP) is 4.78. The van der Waals surface area contributed by atoms with Crippen molar-refractivity contribution in [2.45, 2.75) is 32.9 Å². The van der Waals surface area contributed by atoms with Crippen molar-refractivity contribution in [2.75, 3.05) is 16.8 Å². The molecule has 1 heterocycles. The molecule has 0 bridgehead atoms. The third-order valence-corrected chi connectivity index (χ3v) is 5.69. The highest BCUT2D eigenvalue weighted by molar-refractivity contribution is 6.07. The molecule has 7 nitrogen and oxygen atoms in total. The summed E-state index contributed by atoms with van der Waals surface area (Å²) in [6, 6.07) is 21.4. The number of hydrogen-bond acceptors (Lipinski definition) is 4. The molecule has 3 amide bonds. The van der Waals surface area contributed by atoms with Gasteiger partial charge in [-0.2, -0.15) is 0 Å². The maximum Gasteiger partial charge on any atom is 0.338 e. The van der Waals surface area contributed by atoms with Gasteiger partial charge in [0.05, 0.1) is 12.2 Å². The van der Waals surface area contributed by atoms with Crippen LogP contribution in [0.3, 0.4) is 0 Å². The Morgan fingerprint density at radius 2 is 1.74 bits per heavy atom. The minimum atomic E-state index is -0.437. The van der Waals surface area contributed by atoms with E-state index in [0.717, 1.165) is 23.2 Å². The second-order valence-corrected chi connectivity index (χ2v) is 8.17. The number of fused-ring (bicyclic) bond motifs is 1. The number of carbonyl (C=O) groups is 3. The molecule has 3 aromatic carbocycles. The van der Waals surface area contributed by atoms with Crippen LogP contribution < -0.4 is 15.5 Å². The van der Waals surface area contributed by atoms with Gasteiger partial charge in [0.25, 0.3) is 5.91 Å². The summed E-state index contributed by atoms with van der Waals surface area (Å²) in [7, 11) is 0. The Morgan fingerprint density at radius 1 is 0.971 bits per heavy atom. The largest absolute Gasteiger partial charge is 0.462 e. The summed E-state index contributed by atoms with van der Waals surface area (Å²) in [4.78, 5) is 39.3. The van der Waals surface area contributed by atoms with E-state index < -0.39 is 12.0 Å². The SMILES string of the molecule is CCOC(=O)c1cccc(NC(=O)NCc2ccc3c(c2)N(C(=O)c2ccccc2)C(C)C3)c1. The molecule has 1 unspecified atom stereocenters. The molecule has 34 heavy (non-hydrogen) atoms. The van der Waals surface area contributed by atoms with Crippen LogP contribution in [0.15, 0.2) is 72.8 Å². The van der Waals surface area contributed by atoms with E-state index in [2.05, 4.69) is 10.6 Å². The van der Waals surface area contributed by atoms with Crippen molar-refractivity contribution in [1.29, 1.82) is 0 Å². The Bertz CT molecular complexity index is 1210. The number of nitrogens with zero attached hydrogens (tertiary/aromatic N) is 1. The average molecular weight is 458 g/mol. The molecule has 0 spiro atoms. The number of esters is 1. The number of urea groups is 1. The number of benzene rings is 3. The zero-order chi connectivity index (χ0) is 24.1. The number of rotatable bonds is 6. The summed E-state index contributed by atoms with van der Waals surface area (Å²) >= 11 is 0. The number of nitrogens with one attached hydrogen (secondary N) is 2. The van der Waals surface area contributed by atoms with Crippen LogP contribution in [0.2, 0.25) is 0 Å². The van der Waals surface area contributed by atoms with Crippen molar-refractivity contribution in [2.24, 2.45) is 0 Å². The van der Waals surface area contributed by atoms with E-state index in [4.69, 9.17) is 4.74 Å². The van der Waals surface area contributed by atoms with E-state index in [1.807, 2.05) is 60.4 Å². The molecule has 0 radical (unpaired) electrons. The first-order valence-electron chi connectivity index (χ1n) is 11.3. The zero-order valence-electron chi connectivity index (χ0n) is 19.2. The van der Waals surface area contributed by atoms with Crippen molar-refractivity contribution >= 4 is 29.3 Å². The van der Waals surface area contributed by atoms with E-state index in [1.54, 1.807) is 31.2 Å². The molecular weight excluding hydrogens is 430 g/mol. The molecule has 0 aliphatic carbocycles. The van der Waals surface area contributed by atoms with Crippen molar-refractivity contribution in [3.63, 3.8) is 0 Å². The number of ether oxygens (including phenoxy) is 1. The van der Waals surface area contributed by atoms with Gasteiger partial charge in [0.1, 0.15) is 0 Å². The Balaban J connectivity index is 1.42. The minimum absolute atomic E-state index is 0.0313. The number of carbonyl (C=O) groups excluding carboxylic acids is 3. The molecule has 0 saturated heterocycles. The second-order valence-electron chi connectivity index (χ2n) is 8.17. The van der Waals surface area contributed by atoms with Crippen LogP contribution in [0.5, 0.6) is 0 Å². The van der Waals surface area contributed by atoms with Gasteiger partial charge in [-0.1, -0.05) is 36.4 Å². The number of hydrogen-bond donors (Lipinski definition) is 2. The molecule has 174 valence electrons. The van der Waals surface area contributed by atoms with Crippen molar-refractivity contribution in [3.8, 4) is 0 Å². The topological polar surface area (TPSA) is 87.7 Å². The second kappa shape index (κ2) is 10.2. The van der Waals surface area contributed by atoms with Crippen LogP contribution in [-0.4, -0.2) is 30.6 Å². The van der Waals surface area contributed by atoms with Crippen LogP contribution in [0.25, 0.3) is 0 Å². The lowest BCUT2D eigenvalue weighted by molar-refractivity contribution is 0.0526. The fraction of sp³-hybridized carbons (Fsp3) is 0.222. The Hall–Kier alpha value is -4.13. The van der Waals surface area contributed by atoms with E-state index >= 15 is 0 Å². The van der Waals surface area contributed by atoms with E-state index in [1.165, 1.54) is 0 Å². The molecule has 7 heteroatoms. The van der Waals surface area contributed by atoms with Crippen molar-refractivity contribution in [1.82, 2.24) is 5.32 Å². The predicted molar refractivity (Wildman–Crippen MR) is 131 cm³/mol. The zero-order valence-corrected chi connectivity index (χ0v) is 19.2. The highest BCUT2D eigenvalue weighted by atomic mass is 16.5. The first-order valence-corrected chi connectivity index (χ1v) is 11.3. The Kier molecular flexibility index (Phi) is 6.92. The number of anilines is 2. The molecule has 1 aliphatic rings. The molecule has 0 saturated carbocycles. The number of amides is 3.